The fraction of sp³-hybridized carbons (Fsp3) is 0.429. The first-order valence-electron chi connectivity index (χ1n) is 5.46. The molecule has 0 radical (unpaired) electrons. The van der Waals surface area contributed by atoms with Gasteiger partial charge in [-0.05, 0) is 37.2 Å². The summed E-state index contributed by atoms with van der Waals surface area (Å²) in [6.45, 7) is 2.09. The third-order valence-electron chi connectivity index (χ3n) is 1.72. The van der Waals surface area contributed by atoms with Crippen LogP contribution < -0.4 is 0 Å². The highest BCUT2D eigenvalue weighted by atomic mass is 16.3. The molecule has 0 aliphatic rings. The van der Waals surface area contributed by atoms with Crippen molar-refractivity contribution in [2.24, 2.45) is 0 Å². The van der Waals surface area contributed by atoms with E-state index in [1.165, 1.54) is 6.08 Å². The third-order valence-corrected chi connectivity index (χ3v) is 1.72. The number of aliphatic hydroxyl groups excluding tert-OH is 2. The van der Waals surface area contributed by atoms with E-state index in [1.807, 2.05) is 0 Å². The molecule has 2 heteroatoms. The number of unbranched alkanes of at least 4 members (excludes halogenated alkanes) is 3. The summed E-state index contributed by atoms with van der Waals surface area (Å²) >= 11 is 0. The molecular formula is C14H18O2. The summed E-state index contributed by atoms with van der Waals surface area (Å²) in [7, 11) is 0. The Kier molecular flexibility index (Phi) is 10.0. The van der Waals surface area contributed by atoms with Gasteiger partial charge in [0.05, 0.1) is 6.26 Å². The van der Waals surface area contributed by atoms with Crippen molar-refractivity contribution in [3.05, 3.63) is 24.2 Å². The van der Waals surface area contributed by atoms with Gasteiger partial charge in [0.15, 0.2) is 0 Å². The molecule has 0 saturated heterocycles. The molecule has 0 rings (SSSR count). The van der Waals surface area contributed by atoms with Crippen molar-refractivity contribution in [1.82, 2.24) is 0 Å². The summed E-state index contributed by atoms with van der Waals surface area (Å²) in [5.74, 6) is 11.5. The molecule has 16 heavy (non-hydrogen) atoms. The summed E-state index contributed by atoms with van der Waals surface area (Å²) < 4.78 is 0. The Balaban J connectivity index is 3.61. The summed E-state index contributed by atoms with van der Waals surface area (Å²) in [5.41, 5.74) is 0. The molecular weight excluding hydrogens is 200 g/mol. The maximum Gasteiger partial charge on any atom is 0.114 e. The monoisotopic (exact) mass is 218 g/mol. The van der Waals surface area contributed by atoms with Crippen LogP contribution in [0.25, 0.3) is 0 Å². The Hall–Kier alpha value is -1.80. The zero-order valence-electron chi connectivity index (χ0n) is 9.66. The number of allylic oxidation sites excluding steroid dienone is 2. The van der Waals surface area contributed by atoms with Crippen LogP contribution in [-0.2, 0) is 0 Å². The minimum Gasteiger partial charge on any atom is -0.515 e. The highest BCUT2D eigenvalue weighted by Crippen LogP contribution is 1.99. The van der Waals surface area contributed by atoms with Gasteiger partial charge in [-0.3, -0.25) is 0 Å². The quantitative estimate of drug-likeness (QED) is 0.321. The summed E-state index contributed by atoms with van der Waals surface area (Å²) in [6.07, 6.45) is 8.07. The van der Waals surface area contributed by atoms with E-state index in [4.69, 9.17) is 10.2 Å². The van der Waals surface area contributed by atoms with Gasteiger partial charge in [0, 0.05) is 18.9 Å². The summed E-state index contributed by atoms with van der Waals surface area (Å²) in [4.78, 5) is 0. The number of hydrogen-bond acceptors (Lipinski definition) is 2. The van der Waals surface area contributed by atoms with Gasteiger partial charge in [-0.15, -0.1) is 0 Å². The molecule has 0 amide bonds. The third kappa shape index (κ3) is 10.3. The van der Waals surface area contributed by atoms with Gasteiger partial charge < -0.3 is 10.2 Å². The second-order valence-corrected chi connectivity index (χ2v) is 3.19. The average molecular weight is 218 g/mol. The average Bonchev–Trinajstić information content (AvgIpc) is 2.27. The first-order valence-corrected chi connectivity index (χ1v) is 5.46. The molecule has 0 aromatic rings. The Morgan fingerprint density at radius 3 is 2.50 bits per heavy atom. The summed E-state index contributed by atoms with van der Waals surface area (Å²) in [6, 6.07) is 0. The van der Waals surface area contributed by atoms with Crippen LogP contribution in [-0.4, -0.2) is 10.2 Å². The number of aliphatic hydroxyl groups is 2. The molecule has 0 heterocycles. The van der Waals surface area contributed by atoms with Crippen LogP contribution >= 0.6 is 0 Å². The Labute approximate surface area is 97.7 Å². The van der Waals surface area contributed by atoms with Crippen LogP contribution in [0.5, 0.6) is 0 Å². The second kappa shape index (κ2) is 11.3. The maximum absolute atomic E-state index is 9.10. The smallest absolute Gasteiger partial charge is 0.114 e. The van der Waals surface area contributed by atoms with E-state index >= 15 is 0 Å². The SMILES string of the molecule is CCCC#CC#CCCC/C=C(O)\C=C\O. The lowest BCUT2D eigenvalue weighted by molar-refractivity contribution is 0.417. The van der Waals surface area contributed by atoms with Crippen molar-refractivity contribution in [3.8, 4) is 23.7 Å². The molecule has 0 spiro atoms. The van der Waals surface area contributed by atoms with Crippen LogP contribution in [0.15, 0.2) is 24.2 Å². The van der Waals surface area contributed by atoms with E-state index in [0.717, 1.165) is 38.4 Å². The minimum atomic E-state index is 0.0817. The Morgan fingerprint density at radius 1 is 1.19 bits per heavy atom. The standard InChI is InChI=1S/C14H18O2/c1-2-3-4-5-6-7-8-9-10-11-14(16)12-13-15/h11-13,15-16H,2-3,8-10H2,1H3/b13-12+,14-11+. The van der Waals surface area contributed by atoms with Crippen LogP contribution in [0, 0.1) is 23.7 Å². The predicted molar refractivity (Wildman–Crippen MR) is 66.8 cm³/mol. The molecule has 0 saturated carbocycles. The van der Waals surface area contributed by atoms with Gasteiger partial charge in [0.1, 0.15) is 5.76 Å². The van der Waals surface area contributed by atoms with Crippen LogP contribution in [0.3, 0.4) is 0 Å². The van der Waals surface area contributed by atoms with E-state index in [0.29, 0.717) is 0 Å². The molecule has 2 N–H and O–H groups in total. The van der Waals surface area contributed by atoms with Gasteiger partial charge in [-0.25, -0.2) is 0 Å². The molecule has 0 aliphatic carbocycles. The second-order valence-electron chi connectivity index (χ2n) is 3.19. The topological polar surface area (TPSA) is 40.5 Å². The van der Waals surface area contributed by atoms with Crippen LogP contribution in [0.4, 0.5) is 0 Å². The fourth-order valence-corrected chi connectivity index (χ4v) is 0.923. The van der Waals surface area contributed by atoms with Crippen molar-refractivity contribution >= 4 is 0 Å². The minimum absolute atomic E-state index is 0.0817. The Bertz CT molecular complexity index is 342. The lowest BCUT2D eigenvalue weighted by atomic mass is 10.2. The fourth-order valence-electron chi connectivity index (χ4n) is 0.923. The van der Waals surface area contributed by atoms with E-state index in [-0.39, 0.29) is 5.76 Å². The lowest BCUT2D eigenvalue weighted by Gasteiger charge is -1.90. The molecule has 2 nitrogen and oxygen atoms in total. The predicted octanol–water partition coefficient (Wildman–Crippen LogP) is 3.48. The Morgan fingerprint density at radius 2 is 1.88 bits per heavy atom. The van der Waals surface area contributed by atoms with E-state index in [2.05, 4.69) is 30.6 Å². The van der Waals surface area contributed by atoms with Gasteiger partial charge in [0.25, 0.3) is 0 Å². The molecule has 86 valence electrons. The molecule has 0 aromatic carbocycles. The zero-order chi connectivity index (χ0) is 12.1. The highest BCUT2D eigenvalue weighted by Gasteiger charge is 1.85. The lowest BCUT2D eigenvalue weighted by Crippen LogP contribution is -1.76. The van der Waals surface area contributed by atoms with Gasteiger partial charge in [0.2, 0.25) is 0 Å². The summed E-state index contributed by atoms with van der Waals surface area (Å²) in [5, 5.41) is 17.5. The van der Waals surface area contributed by atoms with Crippen molar-refractivity contribution in [3.63, 3.8) is 0 Å². The molecule has 0 unspecified atom stereocenters. The van der Waals surface area contributed by atoms with E-state index < -0.39 is 0 Å². The highest BCUT2D eigenvalue weighted by molar-refractivity contribution is 5.25. The largest absolute Gasteiger partial charge is 0.515 e. The zero-order valence-corrected chi connectivity index (χ0v) is 9.66. The van der Waals surface area contributed by atoms with Crippen molar-refractivity contribution in [1.29, 1.82) is 0 Å². The maximum atomic E-state index is 9.10. The van der Waals surface area contributed by atoms with E-state index in [1.54, 1.807) is 6.08 Å². The van der Waals surface area contributed by atoms with Gasteiger partial charge in [-0.1, -0.05) is 18.8 Å². The molecule has 0 fully saturated rings. The molecule has 0 bridgehead atoms. The molecule has 0 aliphatic heterocycles. The molecule has 0 aromatic heterocycles. The number of hydrogen-bond donors (Lipinski definition) is 2. The van der Waals surface area contributed by atoms with Crippen LogP contribution in [0.2, 0.25) is 0 Å². The van der Waals surface area contributed by atoms with Gasteiger partial charge in [-0.2, -0.15) is 0 Å². The molecule has 0 atom stereocenters. The normalized spacial score (nSPS) is 10.4. The van der Waals surface area contributed by atoms with Gasteiger partial charge >= 0.3 is 0 Å². The van der Waals surface area contributed by atoms with Crippen molar-refractivity contribution in [2.75, 3.05) is 0 Å². The van der Waals surface area contributed by atoms with E-state index in [9.17, 15) is 0 Å². The first-order chi connectivity index (χ1) is 7.81. The van der Waals surface area contributed by atoms with Crippen molar-refractivity contribution < 1.29 is 10.2 Å². The van der Waals surface area contributed by atoms with Crippen molar-refractivity contribution in [2.45, 2.75) is 39.0 Å². The number of rotatable bonds is 5. The van der Waals surface area contributed by atoms with Crippen LogP contribution in [0.1, 0.15) is 39.0 Å². The first kappa shape index (κ1) is 14.2.